The lowest BCUT2D eigenvalue weighted by Crippen LogP contribution is -2.61. The van der Waals surface area contributed by atoms with Crippen LogP contribution in [-0.2, 0) is 38.1 Å². The normalized spacial score (nSPS) is 31.2. The fourth-order valence-corrected chi connectivity index (χ4v) is 2.14. The first kappa shape index (κ1) is 18.3. The Bertz CT molecular complexity index is 422. The third-order valence-corrected chi connectivity index (χ3v) is 2.94. The minimum Gasteiger partial charge on any atom is -0.463 e. The third-order valence-electron chi connectivity index (χ3n) is 2.94. The number of hydrogen-bond donors (Lipinski definition) is 1. The van der Waals surface area contributed by atoms with Crippen molar-refractivity contribution in [2.45, 2.75) is 51.5 Å². The summed E-state index contributed by atoms with van der Waals surface area (Å²) in [6.07, 6.45) is -5.69. The summed E-state index contributed by atoms with van der Waals surface area (Å²) < 4.78 is 25.3. The maximum Gasteiger partial charge on any atom is 0.303 e. The Morgan fingerprint density at radius 1 is 0.955 bits per heavy atom. The van der Waals surface area contributed by atoms with Crippen LogP contribution in [0.15, 0.2) is 0 Å². The van der Waals surface area contributed by atoms with Gasteiger partial charge in [-0.15, -0.1) is 0 Å². The molecule has 0 unspecified atom stereocenters. The van der Waals surface area contributed by atoms with E-state index in [2.05, 4.69) is 0 Å². The van der Waals surface area contributed by atoms with Crippen molar-refractivity contribution in [1.29, 1.82) is 0 Å². The molecule has 1 aliphatic rings. The molecule has 1 aliphatic heterocycles. The van der Waals surface area contributed by atoms with Crippen molar-refractivity contribution in [3.63, 3.8) is 0 Å². The van der Waals surface area contributed by atoms with Crippen LogP contribution < -0.4 is 0 Å². The van der Waals surface area contributed by atoms with Gasteiger partial charge < -0.3 is 28.8 Å². The van der Waals surface area contributed by atoms with E-state index in [4.69, 9.17) is 23.7 Å². The van der Waals surface area contributed by atoms with E-state index in [0.717, 1.165) is 0 Å². The highest BCUT2D eigenvalue weighted by atomic mass is 16.7. The third kappa shape index (κ3) is 4.93. The van der Waals surface area contributed by atoms with Gasteiger partial charge in [0.1, 0.15) is 18.8 Å². The van der Waals surface area contributed by atoms with Gasteiger partial charge in [-0.3, -0.25) is 14.4 Å². The molecular formula is C13H20O9. The van der Waals surface area contributed by atoms with Crippen LogP contribution >= 0.6 is 0 Å². The molecule has 0 bridgehead atoms. The molecule has 22 heavy (non-hydrogen) atoms. The average Bonchev–Trinajstić information content (AvgIpc) is 2.39. The van der Waals surface area contributed by atoms with E-state index < -0.39 is 48.6 Å². The molecule has 0 aromatic rings. The first-order chi connectivity index (χ1) is 10.3. The van der Waals surface area contributed by atoms with Crippen molar-refractivity contribution in [2.24, 2.45) is 0 Å². The number of rotatable bonds is 5. The molecule has 5 atom stereocenters. The minimum atomic E-state index is -1.44. The molecule has 1 rings (SSSR count). The molecule has 0 amide bonds. The van der Waals surface area contributed by atoms with E-state index in [0.29, 0.717) is 0 Å². The van der Waals surface area contributed by atoms with Crippen LogP contribution in [-0.4, -0.2) is 67.4 Å². The predicted molar refractivity (Wildman–Crippen MR) is 69.4 cm³/mol. The summed E-state index contributed by atoms with van der Waals surface area (Å²) >= 11 is 0. The molecule has 126 valence electrons. The summed E-state index contributed by atoms with van der Waals surface area (Å²) in [6.45, 7) is 3.25. The van der Waals surface area contributed by atoms with Crippen molar-refractivity contribution in [1.82, 2.24) is 0 Å². The summed E-state index contributed by atoms with van der Waals surface area (Å²) in [6, 6.07) is 0. The number of aliphatic hydroxyl groups excluding tert-OH is 1. The topological polar surface area (TPSA) is 118 Å². The summed E-state index contributed by atoms with van der Waals surface area (Å²) in [7, 11) is 1.28. The Kier molecular flexibility index (Phi) is 6.72. The molecule has 0 spiro atoms. The van der Waals surface area contributed by atoms with Crippen LogP contribution in [0.5, 0.6) is 0 Å². The molecule has 0 aliphatic carbocycles. The van der Waals surface area contributed by atoms with Gasteiger partial charge in [-0.1, -0.05) is 0 Å². The fraction of sp³-hybridized carbons (Fsp3) is 0.769. The van der Waals surface area contributed by atoms with Crippen LogP contribution in [0.1, 0.15) is 20.8 Å². The fourth-order valence-electron chi connectivity index (χ4n) is 2.14. The lowest BCUT2D eigenvalue weighted by atomic mass is 9.98. The lowest BCUT2D eigenvalue weighted by Gasteiger charge is -2.42. The quantitative estimate of drug-likeness (QED) is 0.510. The van der Waals surface area contributed by atoms with Crippen molar-refractivity contribution in [3.05, 3.63) is 0 Å². The predicted octanol–water partition coefficient (Wildman–Crippen LogP) is -0.855. The lowest BCUT2D eigenvalue weighted by molar-refractivity contribution is -0.297. The summed E-state index contributed by atoms with van der Waals surface area (Å²) in [5.41, 5.74) is 0. The number of carbonyl (C=O) groups is 3. The van der Waals surface area contributed by atoms with E-state index in [1.54, 1.807) is 0 Å². The molecule has 9 nitrogen and oxygen atoms in total. The number of carbonyl (C=O) groups excluding carboxylic acids is 3. The average molecular weight is 320 g/mol. The second-order valence-electron chi connectivity index (χ2n) is 4.72. The molecule has 1 saturated heterocycles. The highest BCUT2D eigenvalue weighted by Crippen LogP contribution is 2.27. The van der Waals surface area contributed by atoms with Crippen LogP contribution in [0.3, 0.4) is 0 Å². The van der Waals surface area contributed by atoms with E-state index in [1.165, 1.54) is 27.9 Å². The minimum absolute atomic E-state index is 0.279. The first-order valence-corrected chi connectivity index (χ1v) is 6.60. The number of hydrogen-bond acceptors (Lipinski definition) is 9. The number of aliphatic hydroxyl groups is 1. The summed E-state index contributed by atoms with van der Waals surface area (Å²) in [5.74, 6) is -1.87. The van der Waals surface area contributed by atoms with Gasteiger partial charge in [0.2, 0.25) is 0 Å². The smallest absolute Gasteiger partial charge is 0.303 e. The molecular weight excluding hydrogens is 300 g/mol. The molecule has 0 radical (unpaired) electrons. The molecule has 1 fully saturated rings. The monoisotopic (exact) mass is 320 g/mol. The zero-order valence-electron chi connectivity index (χ0n) is 12.8. The van der Waals surface area contributed by atoms with Gasteiger partial charge in [0.15, 0.2) is 18.5 Å². The van der Waals surface area contributed by atoms with Crippen LogP contribution in [0, 0.1) is 0 Å². The largest absolute Gasteiger partial charge is 0.463 e. The zero-order chi connectivity index (χ0) is 16.9. The van der Waals surface area contributed by atoms with Gasteiger partial charge in [-0.25, -0.2) is 0 Å². The van der Waals surface area contributed by atoms with E-state index in [1.807, 2.05) is 0 Å². The maximum atomic E-state index is 11.3. The Morgan fingerprint density at radius 2 is 1.50 bits per heavy atom. The van der Waals surface area contributed by atoms with Crippen LogP contribution in [0.25, 0.3) is 0 Å². The van der Waals surface area contributed by atoms with E-state index in [9.17, 15) is 19.5 Å². The molecule has 0 aromatic carbocycles. The standard InChI is InChI=1S/C13H20O9/c1-6(14)19-5-9-10(20-7(2)15)11(21-8(3)16)12(18-4)13(17)22-9/h9-13,17H,5H2,1-4H3/t9-,10-,11+,12+,13+/m1/s1. The number of esters is 3. The second-order valence-corrected chi connectivity index (χ2v) is 4.72. The van der Waals surface area contributed by atoms with Crippen molar-refractivity contribution < 1.29 is 43.2 Å². The SMILES string of the molecule is CO[C@H]1[C@@H](OC(C)=O)[C@H](OC(C)=O)[C@@H](COC(C)=O)O[C@@H]1O. The number of methoxy groups -OCH3 is 1. The molecule has 0 saturated carbocycles. The summed E-state index contributed by atoms with van der Waals surface area (Å²) in [4.78, 5) is 33.5. The Labute approximate surface area is 127 Å². The highest BCUT2D eigenvalue weighted by molar-refractivity contribution is 5.67. The second kappa shape index (κ2) is 8.06. The highest BCUT2D eigenvalue weighted by Gasteiger charge is 2.50. The zero-order valence-corrected chi connectivity index (χ0v) is 12.8. The van der Waals surface area contributed by atoms with Crippen LogP contribution in [0.4, 0.5) is 0 Å². The van der Waals surface area contributed by atoms with Gasteiger partial charge in [0.25, 0.3) is 0 Å². The molecule has 1 heterocycles. The van der Waals surface area contributed by atoms with Crippen LogP contribution in [0.2, 0.25) is 0 Å². The van der Waals surface area contributed by atoms with Crippen molar-refractivity contribution in [3.8, 4) is 0 Å². The van der Waals surface area contributed by atoms with E-state index in [-0.39, 0.29) is 6.61 Å². The molecule has 9 heteroatoms. The van der Waals surface area contributed by atoms with Crippen molar-refractivity contribution in [2.75, 3.05) is 13.7 Å². The van der Waals surface area contributed by atoms with E-state index >= 15 is 0 Å². The maximum absolute atomic E-state index is 11.3. The Hall–Kier alpha value is -1.71. The van der Waals surface area contributed by atoms with Gasteiger partial charge in [0, 0.05) is 27.9 Å². The van der Waals surface area contributed by atoms with Gasteiger partial charge in [-0.2, -0.15) is 0 Å². The summed E-state index contributed by atoms with van der Waals surface area (Å²) in [5, 5.41) is 9.92. The first-order valence-electron chi connectivity index (χ1n) is 6.60. The molecule has 1 N–H and O–H groups in total. The van der Waals surface area contributed by atoms with Crippen molar-refractivity contribution >= 4 is 17.9 Å². The van der Waals surface area contributed by atoms with Gasteiger partial charge in [0.05, 0.1) is 0 Å². The Balaban J connectivity index is 3.01. The molecule has 0 aromatic heterocycles. The van der Waals surface area contributed by atoms with Gasteiger partial charge >= 0.3 is 17.9 Å². The Morgan fingerprint density at radius 3 is 1.95 bits per heavy atom. The van der Waals surface area contributed by atoms with Gasteiger partial charge in [-0.05, 0) is 0 Å². The number of ether oxygens (including phenoxy) is 5.